The van der Waals surface area contributed by atoms with Gasteiger partial charge in [0.05, 0.1) is 12.1 Å². The second-order valence-electron chi connectivity index (χ2n) is 4.28. The molecule has 0 N–H and O–H groups in total. The fourth-order valence-corrected chi connectivity index (χ4v) is 2.84. The van der Waals surface area contributed by atoms with Crippen molar-refractivity contribution in [2.45, 2.75) is 18.7 Å². The normalized spacial score (nSPS) is 14.2. The molecule has 0 aliphatic carbocycles. The van der Waals surface area contributed by atoms with Crippen LogP contribution in [0.2, 0.25) is 0 Å². The van der Waals surface area contributed by atoms with Gasteiger partial charge in [-0.2, -0.15) is 10.5 Å². The van der Waals surface area contributed by atoms with E-state index in [1.807, 2.05) is 13.0 Å². The van der Waals surface area contributed by atoms with Gasteiger partial charge in [0, 0.05) is 10.6 Å². The number of benzene rings is 1. The highest BCUT2D eigenvalue weighted by molar-refractivity contribution is 7.99. The number of fused-ring (bicyclic) bond motifs is 1. The van der Waals surface area contributed by atoms with Crippen LogP contribution in [0, 0.1) is 35.0 Å². The Morgan fingerprint density at radius 1 is 1.29 bits per heavy atom. The first-order valence-electron chi connectivity index (χ1n) is 5.37. The molecule has 1 aromatic rings. The SMILES string of the molecule is Cc1ccc2c(c1)C(C(C)(C#N)C#N)=CCS2. The van der Waals surface area contributed by atoms with E-state index >= 15 is 0 Å². The zero-order chi connectivity index (χ0) is 12.5. The molecule has 3 heteroatoms. The number of thioether (sulfide) groups is 1. The van der Waals surface area contributed by atoms with Crippen molar-refractivity contribution in [2.24, 2.45) is 5.41 Å². The van der Waals surface area contributed by atoms with Crippen LogP contribution < -0.4 is 0 Å². The molecule has 0 bridgehead atoms. The standard InChI is InChI=1S/C14H12N2S/c1-10-3-4-13-11(7-10)12(5-6-17-13)14(2,8-15)9-16/h3-5,7H,6H2,1-2H3. The molecule has 1 aliphatic heterocycles. The van der Waals surface area contributed by atoms with Gasteiger partial charge in [-0.15, -0.1) is 11.8 Å². The summed E-state index contributed by atoms with van der Waals surface area (Å²) in [4.78, 5) is 1.16. The maximum Gasteiger partial charge on any atom is 0.166 e. The minimum atomic E-state index is -1.05. The van der Waals surface area contributed by atoms with Gasteiger partial charge in [-0.25, -0.2) is 0 Å². The third-order valence-corrected chi connectivity index (χ3v) is 3.94. The summed E-state index contributed by atoms with van der Waals surface area (Å²) in [5.41, 5.74) is 1.98. The summed E-state index contributed by atoms with van der Waals surface area (Å²) in [5, 5.41) is 18.4. The summed E-state index contributed by atoms with van der Waals surface area (Å²) >= 11 is 1.74. The van der Waals surface area contributed by atoms with E-state index in [0.29, 0.717) is 0 Å². The molecule has 84 valence electrons. The Hall–Kier alpha value is -1.71. The van der Waals surface area contributed by atoms with Gasteiger partial charge in [-0.05, 0) is 31.1 Å². The molecule has 0 fully saturated rings. The van der Waals surface area contributed by atoms with Crippen molar-refractivity contribution in [1.82, 2.24) is 0 Å². The van der Waals surface area contributed by atoms with E-state index < -0.39 is 5.41 Å². The molecule has 2 nitrogen and oxygen atoms in total. The van der Waals surface area contributed by atoms with E-state index in [2.05, 4.69) is 30.3 Å². The summed E-state index contributed by atoms with van der Waals surface area (Å²) < 4.78 is 0. The molecule has 17 heavy (non-hydrogen) atoms. The van der Waals surface area contributed by atoms with E-state index in [9.17, 15) is 10.5 Å². The molecule has 0 saturated heterocycles. The van der Waals surface area contributed by atoms with Gasteiger partial charge < -0.3 is 0 Å². The fraction of sp³-hybridized carbons (Fsp3) is 0.286. The Bertz CT molecular complexity index is 559. The number of aryl methyl sites for hydroxylation is 1. The first-order valence-corrected chi connectivity index (χ1v) is 6.36. The topological polar surface area (TPSA) is 47.6 Å². The lowest BCUT2D eigenvalue weighted by atomic mass is 9.80. The van der Waals surface area contributed by atoms with Gasteiger partial charge in [0.15, 0.2) is 5.41 Å². The maximum absolute atomic E-state index is 9.21. The highest BCUT2D eigenvalue weighted by Crippen LogP contribution is 2.42. The van der Waals surface area contributed by atoms with Crippen LogP contribution >= 0.6 is 11.8 Å². The quantitative estimate of drug-likeness (QED) is 0.754. The second kappa shape index (κ2) is 4.28. The average Bonchev–Trinajstić information content (AvgIpc) is 2.37. The lowest BCUT2D eigenvalue weighted by Crippen LogP contribution is -2.16. The lowest BCUT2D eigenvalue weighted by Gasteiger charge is -2.24. The highest BCUT2D eigenvalue weighted by atomic mass is 32.2. The highest BCUT2D eigenvalue weighted by Gasteiger charge is 2.32. The molecule has 0 spiro atoms. The van der Waals surface area contributed by atoms with Crippen molar-refractivity contribution in [3.63, 3.8) is 0 Å². The van der Waals surface area contributed by atoms with Crippen LogP contribution in [0.4, 0.5) is 0 Å². The molecule has 0 radical (unpaired) electrons. The van der Waals surface area contributed by atoms with E-state index in [0.717, 1.165) is 27.3 Å². The summed E-state index contributed by atoms with van der Waals surface area (Å²) in [6, 6.07) is 10.4. The summed E-state index contributed by atoms with van der Waals surface area (Å²) in [7, 11) is 0. The van der Waals surface area contributed by atoms with Crippen LogP contribution in [0.1, 0.15) is 18.1 Å². The zero-order valence-corrected chi connectivity index (χ0v) is 10.6. The predicted octanol–water partition coefficient (Wildman–Crippen LogP) is 3.54. The molecule has 0 saturated carbocycles. The van der Waals surface area contributed by atoms with E-state index in [-0.39, 0.29) is 0 Å². The van der Waals surface area contributed by atoms with Gasteiger partial charge in [-0.1, -0.05) is 23.8 Å². The minimum absolute atomic E-state index is 0.824. The number of allylic oxidation sites excluding steroid dienone is 1. The smallest absolute Gasteiger partial charge is 0.166 e. The number of hydrogen-bond donors (Lipinski definition) is 0. The summed E-state index contributed by atoms with van der Waals surface area (Å²) in [6.45, 7) is 3.70. The van der Waals surface area contributed by atoms with E-state index in [1.165, 1.54) is 0 Å². The van der Waals surface area contributed by atoms with Gasteiger partial charge in [0.25, 0.3) is 0 Å². The van der Waals surface area contributed by atoms with Crippen molar-refractivity contribution < 1.29 is 0 Å². The number of hydrogen-bond acceptors (Lipinski definition) is 3. The molecule has 1 aliphatic rings. The molecular weight excluding hydrogens is 228 g/mol. The molecule has 0 atom stereocenters. The van der Waals surface area contributed by atoms with Crippen LogP contribution in [0.3, 0.4) is 0 Å². The van der Waals surface area contributed by atoms with E-state index in [1.54, 1.807) is 18.7 Å². The van der Waals surface area contributed by atoms with Crippen LogP contribution in [-0.4, -0.2) is 5.75 Å². The minimum Gasteiger partial charge on any atom is -0.196 e. The second-order valence-corrected chi connectivity index (χ2v) is 5.34. The average molecular weight is 240 g/mol. The predicted molar refractivity (Wildman–Crippen MR) is 69.2 cm³/mol. The van der Waals surface area contributed by atoms with Crippen LogP contribution in [0.5, 0.6) is 0 Å². The first-order chi connectivity index (χ1) is 8.10. The Balaban J connectivity index is 2.61. The summed E-state index contributed by atoms with van der Waals surface area (Å²) in [5.74, 6) is 0.824. The zero-order valence-electron chi connectivity index (χ0n) is 9.82. The molecule has 0 aromatic heterocycles. The fourth-order valence-electron chi connectivity index (χ4n) is 1.92. The Morgan fingerprint density at radius 3 is 2.65 bits per heavy atom. The van der Waals surface area contributed by atoms with Crippen molar-refractivity contribution >= 4 is 17.3 Å². The third-order valence-electron chi connectivity index (χ3n) is 2.94. The van der Waals surface area contributed by atoms with Crippen molar-refractivity contribution in [3.8, 4) is 12.1 Å². The van der Waals surface area contributed by atoms with Crippen LogP contribution in [0.15, 0.2) is 29.2 Å². The lowest BCUT2D eigenvalue weighted by molar-refractivity contribution is 0.773. The number of nitrogens with zero attached hydrogens (tertiary/aromatic N) is 2. The molecule has 1 heterocycles. The van der Waals surface area contributed by atoms with Gasteiger partial charge >= 0.3 is 0 Å². The van der Waals surface area contributed by atoms with Crippen LogP contribution in [-0.2, 0) is 0 Å². The van der Waals surface area contributed by atoms with Crippen molar-refractivity contribution in [1.29, 1.82) is 10.5 Å². The first kappa shape index (κ1) is 11.8. The Kier molecular flexibility index (Phi) is 2.96. The van der Waals surface area contributed by atoms with E-state index in [4.69, 9.17) is 0 Å². The summed E-state index contributed by atoms with van der Waals surface area (Å²) in [6.07, 6.45) is 2.00. The Labute approximate surface area is 106 Å². The molecular formula is C14H12N2S. The van der Waals surface area contributed by atoms with Gasteiger partial charge in [-0.3, -0.25) is 0 Å². The maximum atomic E-state index is 9.21. The molecule has 1 aromatic carbocycles. The van der Waals surface area contributed by atoms with Crippen molar-refractivity contribution in [2.75, 3.05) is 5.75 Å². The molecule has 0 unspecified atom stereocenters. The number of rotatable bonds is 1. The van der Waals surface area contributed by atoms with Gasteiger partial charge in [0.1, 0.15) is 0 Å². The van der Waals surface area contributed by atoms with Crippen molar-refractivity contribution in [3.05, 3.63) is 35.4 Å². The molecule has 0 amide bonds. The Morgan fingerprint density at radius 2 is 2.00 bits per heavy atom. The number of nitriles is 2. The third kappa shape index (κ3) is 1.95. The van der Waals surface area contributed by atoms with Crippen LogP contribution in [0.25, 0.3) is 5.57 Å². The largest absolute Gasteiger partial charge is 0.196 e. The monoisotopic (exact) mass is 240 g/mol. The molecule has 2 rings (SSSR count). The van der Waals surface area contributed by atoms with Gasteiger partial charge in [0.2, 0.25) is 0 Å².